The molecule has 1 amide bonds. The van der Waals surface area contributed by atoms with E-state index in [4.69, 9.17) is 14.2 Å². The topological polar surface area (TPSA) is 85.3 Å². The molecular weight excluding hydrogens is 434 g/mol. The molecule has 1 heterocycles. The van der Waals surface area contributed by atoms with Gasteiger partial charge < -0.3 is 24.2 Å². The fourth-order valence-electron chi connectivity index (χ4n) is 4.13. The molecule has 1 atom stereocenters. The number of ketones is 1. The van der Waals surface area contributed by atoms with Gasteiger partial charge in [-0.3, -0.25) is 9.59 Å². The van der Waals surface area contributed by atoms with Crippen molar-refractivity contribution in [2.45, 2.75) is 52.2 Å². The van der Waals surface area contributed by atoms with Crippen LogP contribution in [0.5, 0.6) is 17.2 Å². The number of likely N-dealkylation sites (tertiary alicyclic amines) is 1. The molecule has 0 bridgehead atoms. The lowest BCUT2D eigenvalue weighted by molar-refractivity contribution is -0.139. The molecule has 2 aromatic rings. The summed E-state index contributed by atoms with van der Waals surface area (Å²) in [6, 6.07) is 11.5. The van der Waals surface area contributed by atoms with Crippen molar-refractivity contribution in [2.24, 2.45) is 0 Å². The molecule has 34 heavy (non-hydrogen) atoms. The number of nitrogens with zero attached hydrogens (tertiary/aromatic N) is 1. The number of hydrogen-bond donors (Lipinski definition) is 1. The van der Waals surface area contributed by atoms with Crippen molar-refractivity contribution >= 4 is 17.4 Å². The van der Waals surface area contributed by atoms with Crippen molar-refractivity contribution in [2.75, 3.05) is 20.8 Å². The number of hydrogen-bond acceptors (Lipinski definition) is 6. The first-order valence-electron chi connectivity index (χ1n) is 11.6. The third-order valence-corrected chi connectivity index (χ3v) is 5.77. The van der Waals surface area contributed by atoms with Gasteiger partial charge in [-0.15, -0.1) is 0 Å². The lowest BCUT2D eigenvalue weighted by atomic mass is 9.95. The first-order valence-corrected chi connectivity index (χ1v) is 11.6. The Morgan fingerprint density at radius 1 is 1.00 bits per heavy atom. The minimum Gasteiger partial charge on any atom is -0.507 e. The van der Waals surface area contributed by atoms with Crippen LogP contribution < -0.4 is 14.2 Å². The molecule has 182 valence electrons. The lowest BCUT2D eigenvalue weighted by Gasteiger charge is -2.25. The van der Waals surface area contributed by atoms with Crippen molar-refractivity contribution in [3.63, 3.8) is 0 Å². The molecule has 1 N–H and O–H groups in total. The van der Waals surface area contributed by atoms with E-state index in [-0.39, 0.29) is 17.4 Å². The maximum Gasteiger partial charge on any atom is 0.295 e. The summed E-state index contributed by atoms with van der Waals surface area (Å²) in [6.45, 7) is 6.39. The third-order valence-electron chi connectivity index (χ3n) is 5.77. The number of rotatable bonds is 10. The SMILES string of the molecule is CCCCCN1C(=O)C(=O)/C(=C(\O)c2ccc(OC)c(OC)c2)C1c1ccc(OC(C)C)cc1. The van der Waals surface area contributed by atoms with Crippen molar-refractivity contribution in [1.82, 2.24) is 4.90 Å². The molecule has 1 aliphatic rings. The number of aliphatic hydroxyl groups excluding tert-OH is 1. The van der Waals surface area contributed by atoms with Crippen LogP contribution in [0.15, 0.2) is 48.0 Å². The monoisotopic (exact) mass is 467 g/mol. The second-order valence-corrected chi connectivity index (χ2v) is 8.51. The molecule has 1 saturated heterocycles. The first-order chi connectivity index (χ1) is 16.3. The van der Waals surface area contributed by atoms with Gasteiger partial charge in [-0.25, -0.2) is 0 Å². The highest BCUT2D eigenvalue weighted by Gasteiger charge is 2.45. The van der Waals surface area contributed by atoms with Crippen LogP contribution in [0, 0.1) is 0 Å². The van der Waals surface area contributed by atoms with Gasteiger partial charge in [0.15, 0.2) is 11.5 Å². The van der Waals surface area contributed by atoms with Crippen LogP contribution in [-0.4, -0.2) is 48.6 Å². The van der Waals surface area contributed by atoms with Gasteiger partial charge in [0.05, 0.1) is 31.9 Å². The van der Waals surface area contributed by atoms with Crippen molar-refractivity contribution < 1.29 is 28.9 Å². The Morgan fingerprint density at radius 2 is 1.68 bits per heavy atom. The molecule has 2 aromatic carbocycles. The van der Waals surface area contributed by atoms with E-state index in [9.17, 15) is 14.7 Å². The maximum atomic E-state index is 13.1. The van der Waals surface area contributed by atoms with Crippen molar-refractivity contribution in [3.8, 4) is 17.2 Å². The average Bonchev–Trinajstić information content (AvgIpc) is 3.08. The van der Waals surface area contributed by atoms with E-state index in [2.05, 4.69) is 6.92 Å². The molecular formula is C27H33NO6. The summed E-state index contributed by atoms with van der Waals surface area (Å²) < 4.78 is 16.4. The van der Waals surface area contributed by atoms with Gasteiger partial charge in [0, 0.05) is 12.1 Å². The maximum absolute atomic E-state index is 13.1. The van der Waals surface area contributed by atoms with E-state index in [0.717, 1.165) is 24.8 Å². The van der Waals surface area contributed by atoms with Gasteiger partial charge in [0.25, 0.3) is 11.7 Å². The number of carbonyl (C=O) groups excluding carboxylic acids is 2. The van der Waals surface area contributed by atoms with Crippen LogP contribution in [0.2, 0.25) is 0 Å². The Hall–Kier alpha value is -3.48. The summed E-state index contributed by atoms with van der Waals surface area (Å²) >= 11 is 0. The van der Waals surface area contributed by atoms with E-state index >= 15 is 0 Å². The fourth-order valence-corrected chi connectivity index (χ4v) is 4.13. The minimum absolute atomic E-state index is 0.0237. The zero-order valence-electron chi connectivity index (χ0n) is 20.5. The Kier molecular flexibility index (Phi) is 8.21. The highest BCUT2D eigenvalue weighted by Crippen LogP contribution is 2.41. The van der Waals surface area contributed by atoms with Gasteiger partial charge in [0.2, 0.25) is 0 Å². The molecule has 1 fully saturated rings. The van der Waals surface area contributed by atoms with E-state index in [1.807, 2.05) is 38.1 Å². The van der Waals surface area contributed by atoms with Gasteiger partial charge in [-0.1, -0.05) is 31.9 Å². The van der Waals surface area contributed by atoms with Gasteiger partial charge in [-0.05, 0) is 56.2 Å². The molecule has 3 rings (SSSR count). The van der Waals surface area contributed by atoms with Crippen LogP contribution in [0.1, 0.15) is 57.2 Å². The summed E-state index contributed by atoms with van der Waals surface area (Å²) in [4.78, 5) is 27.7. The Morgan fingerprint density at radius 3 is 2.26 bits per heavy atom. The second-order valence-electron chi connectivity index (χ2n) is 8.51. The number of ether oxygens (including phenoxy) is 3. The Bertz CT molecular complexity index is 1060. The number of aliphatic hydroxyl groups is 1. The predicted octanol–water partition coefficient (Wildman–Crippen LogP) is 5.10. The predicted molar refractivity (Wildman–Crippen MR) is 130 cm³/mol. The molecule has 7 nitrogen and oxygen atoms in total. The Balaban J connectivity index is 2.10. The van der Waals surface area contributed by atoms with Crippen LogP contribution in [0.4, 0.5) is 0 Å². The molecule has 0 aliphatic carbocycles. The molecule has 7 heteroatoms. The van der Waals surface area contributed by atoms with Crippen molar-refractivity contribution in [3.05, 3.63) is 59.2 Å². The quantitative estimate of drug-likeness (QED) is 0.226. The third kappa shape index (κ3) is 5.19. The van der Waals surface area contributed by atoms with E-state index in [1.165, 1.54) is 14.2 Å². The highest BCUT2D eigenvalue weighted by atomic mass is 16.5. The van der Waals surface area contributed by atoms with E-state index < -0.39 is 17.7 Å². The summed E-state index contributed by atoms with van der Waals surface area (Å²) in [5, 5.41) is 11.2. The van der Waals surface area contributed by atoms with Gasteiger partial charge in [-0.2, -0.15) is 0 Å². The highest BCUT2D eigenvalue weighted by molar-refractivity contribution is 6.46. The number of carbonyl (C=O) groups is 2. The molecule has 1 unspecified atom stereocenters. The minimum atomic E-state index is -0.698. The molecule has 0 aromatic heterocycles. The standard InChI is InChI=1S/C27H33NO6/c1-6-7-8-15-28-24(18-9-12-20(13-10-18)34-17(2)3)23(26(30)27(28)31)25(29)19-11-14-21(32-4)22(16-19)33-5/h9-14,16-17,24,29H,6-8,15H2,1-5H3/b25-23-. The Labute approximate surface area is 200 Å². The second kappa shape index (κ2) is 11.1. The number of benzene rings is 2. The average molecular weight is 468 g/mol. The van der Waals surface area contributed by atoms with Crippen LogP contribution >= 0.6 is 0 Å². The molecule has 0 spiro atoms. The molecule has 1 aliphatic heterocycles. The summed E-state index contributed by atoms with van der Waals surface area (Å²) in [6.07, 6.45) is 2.72. The number of unbranched alkanes of at least 4 members (excludes halogenated alkanes) is 2. The molecule has 0 saturated carbocycles. The summed E-state index contributed by atoms with van der Waals surface area (Å²) in [7, 11) is 3.01. The zero-order chi connectivity index (χ0) is 24.8. The van der Waals surface area contributed by atoms with Gasteiger partial charge >= 0.3 is 0 Å². The van der Waals surface area contributed by atoms with Gasteiger partial charge in [0.1, 0.15) is 11.5 Å². The largest absolute Gasteiger partial charge is 0.507 e. The zero-order valence-corrected chi connectivity index (χ0v) is 20.5. The smallest absolute Gasteiger partial charge is 0.295 e. The summed E-state index contributed by atoms with van der Waals surface area (Å²) in [5.74, 6) is 0.0557. The van der Waals surface area contributed by atoms with Crippen LogP contribution in [-0.2, 0) is 9.59 Å². The van der Waals surface area contributed by atoms with Crippen LogP contribution in [0.25, 0.3) is 5.76 Å². The van der Waals surface area contributed by atoms with Crippen LogP contribution in [0.3, 0.4) is 0 Å². The first kappa shape index (κ1) is 25.1. The number of amides is 1. The fraction of sp³-hybridized carbons (Fsp3) is 0.407. The lowest BCUT2D eigenvalue weighted by Crippen LogP contribution is -2.30. The van der Waals surface area contributed by atoms with E-state index in [0.29, 0.717) is 29.4 Å². The number of methoxy groups -OCH3 is 2. The van der Waals surface area contributed by atoms with Crippen molar-refractivity contribution in [1.29, 1.82) is 0 Å². The normalized spacial score (nSPS) is 17.4. The molecule has 0 radical (unpaired) electrons. The summed E-state index contributed by atoms with van der Waals surface area (Å²) in [5.41, 5.74) is 1.16. The number of Topliss-reactive ketones (excluding diaryl/α,β-unsaturated/α-hetero) is 1. The van der Waals surface area contributed by atoms with E-state index in [1.54, 1.807) is 23.1 Å².